The molecule has 0 spiro atoms. The summed E-state index contributed by atoms with van der Waals surface area (Å²) in [5.74, 6) is 0.573. The number of allylic oxidation sites excluding steroid dienone is 2. The Morgan fingerprint density at radius 1 is 0.969 bits per heavy atom. The van der Waals surface area contributed by atoms with Gasteiger partial charge in [-0.1, -0.05) is 36.4 Å². The predicted octanol–water partition coefficient (Wildman–Crippen LogP) is 5.64. The van der Waals surface area contributed by atoms with Gasteiger partial charge in [0.2, 0.25) is 0 Å². The zero-order valence-corrected chi connectivity index (χ0v) is 18.9. The minimum atomic E-state index is -3.72. The van der Waals surface area contributed by atoms with E-state index >= 15 is 0 Å². The van der Waals surface area contributed by atoms with E-state index in [2.05, 4.69) is 22.2 Å². The molecule has 0 amide bonds. The van der Waals surface area contributed by atoms with Crippen LogP contribution in [0.5, 0.6) is 5.75 Å². The van der Waals surface area contributed by atoms with Crippen LogP contribution in [0.2, 0.25) is 0 Å². The first-order chi connectivity index (χ1) is 15.3. The van der Waals surface area contributed by atoms with Crippen LogP contribution in [0.4, 0.5) is 11.4 Å². The van der Waals surface area contributed by atoms with Crippen LogP contribution in [0.1, 0.15) is 40.6 Å². The number of phenolic OH excluding ortho intramolecular Hbond substituents is 1. The molecule has 3 atom stereocenters. The van der Waals surface area contributed by atoms with Gasteiger partial charge in [0.15, 0.2) is 0 Å². The Morgan fingerprint density at radius 3 is 2.47 bits per heavy atom. The molecule has 1 aliphatic heterocycles. The summed E-state index contributed by atoms with van der Waals surface area (Å²) in [5, 5.41) is 14.0. The van der Waals surface area contributed by atoms with Crippen molar-refractivity contribution in [2.45, 2.75) is 37.1 Å². The van der Waals surface area contributed by atoms with Crippen LogP contribution in [0.15, 0.2) is 77.7 Å². The van der Waals surface area contributed by atoms with E-state index in [4.69, 9.17) is 0 Å². The van der Waals surface area contributed by atoms with Gasteiger partial charge in [-0.3, -0.25) is 4.72 Å². The van der Waals surface area contributed by atoms with Gasteiger partial charge in [-0.2, -0.15) is 0 Å². The predicted molar refractivity (Wildman–Crippen MR) is 128 cm³/mol. The van der Waals surface area contributed by atoms with Crippen molar-refractivity contribution in [2.24, 2.45) is 5.92 Å². The average Bonchev–Trinajstić information content (AvgIpc) is 3.22. The van der Waals surface area contributed by atoms with Crippen molar-refractivity contribution in [1.82, 2.24) is 0 Å². The molecule has 1 heterocycles. The van der Waals surface area contributed by atoms with Gasteiger partial charge in [0.05, 0.1) is 10.9 Å². The first-order valence-electron chi connectivity index (χ1n) is 10.8. The molecule has 5 rings (SSSR count). The van der Waals surface area contributed by atoms with Gasteiger partial charge in [-0.15, -0.1) is 0 Å². The molecule has 3 aromatic carbocycles. The van der Waals surface area contributed by atoms with Crippen LogP contribution in [-0.4, -0.2) is 13.5 Å². The van der Waals surface area contributed by atoms with Crippen LogP contribution in [0.3, 0.4) is 0 Å². The quantitative estimate of drug-likeness (QED) is 0.454. The van der Waals surface area contributed by atoms with Gasteiger partial charge >= 0.3 is 0 Å². The van der Waals surface area contributed by atoms with Crippen molar-refractivity contribution in [3.8, 4) is 5.75 Å². The monoisotopic (exact) mass is 446 g/mol. The lowest BCUT2D eigenvalue weighted by molar-refractivity contribution is 0.402. The molecular weight excluding hydrogens is 420 g/mol. The molecule has 164 valence electrons. The van der Waals surface area contributed by atoms with Crippen LogP contribution in [0.25, 0.3) is 0 Å². The number of phenols is 1. The maximum atomic E-state index is 13.2. The summed E-state index contributed by atoms with van der Waals surface area (Å²) in [7, 11) is -3.72. The Morgan fingerprint density at radius 2 is 1.72 bits per heavy atom. The Labute approximate surface area is 188 Å². The molecule has 6 heteroatoms. The Bertz CT molecular complexity index is 1310. The van der Waals surface area contributed by atoms with Crippen molar-refractivity contribution < 1.29 is 13.5 Å². The van der Waals surface area contributed by atoms with Crippen molar-refractivity contribution in [3.05, 3.63) is 95.1 Å². The summed E-state index contributed by atoms with van der Waals surface area (Å²) in [6, 6.07) is 18.3. The molecule has 0 saturated carbocycles. The summed E-state index contributed by atoms with van der Waals surface area (Å²) in [4.78, 5) is 0.247. The highest BCUT2D eigenvalue weighted by atomic mass is 32.2. The van der Waals surface area contributed by atoms with E-state index in [0.717, 1.165) is 34.4 Å². The fourth-order valence-electron chi connectivity index (χ4n) is 5.05. The lowest BCUT2D eigenvalue weighted by atomic mass is 9.77. The molecule has 2 aliphatic rings. The van der Waals surface area contributed by atoms with Crippen LogP contribution >= 0.6 is 0 Å². The van der Waals surface area contributed by atoms with Gasteiger partial charge in [0, 0.05) is 22.9 Å². The molecule has 3 aromatic rings. The molecule has 1 aliphatic carbocycles. The second kappa shape index (κ2) is 7.71. The van der Waals surface area contributed by atoms with Crippen LogP contribution < -0.4 is 10.0 Å². The van der Waals surface area contributed by atoms with Gasteiger partial charge in [-0.05, 0) is 79.3 Å². The van der Waals surface area contributed by atoms with Gasteiger partial charge in [0.25, 0.3) is 10.0 Å². The smallest absolute Gasteiger partial charge is 0.261 e. The number of aromatic hydroxyl groups is 1. The summed E-state index contributed by atoms with van der Waals surface area (Å²) in [6.07, 6.45) is 5.17. The lowest BCUT2D eigenvalue weighted by Crippen LogP contribution is -2.29. The molecule has 3 unspecified atom stereocenters. The average molecular weight is 447 g/mol. The van der Waals surface area contributed by atoms with Gasteiger partial charge in [-0.25, -0.2) is 8.42 Å². The largest absolute Gasteiger partial charge is 0.508 e. The fourth-order valence-corrected chi connectivity index (χ4v) is 6.12. The molecule has 0 bridgehead atoms. The Kier molecular flexibility index (Phi) is 4.97. The number of rotatable bonds is 4. The minimum absolute atomic E-state index is 0.0421. The van der Waals surface area contributed by atoms with Crippen LogP contribution in [-0.2, 0) is 10.0 Å². The fraction of sp³-hybridized carbons (Fsp3) is 0.231. The Hall–Kier alpha value is -3.25. The minimum Gasteiger partial charge on any atom is -0.508 e. The van der Waals surface area contributed by atoms with E-state index in [0.29, 0.717) is 5.69 Å². The molecule has 0 radical (unpaired) electrons. The van der Waals surface area contributed by atoms with Crippen LogP contribution in [0, 0.1) is 19.8 Å². The number of anilines is 2. The van der Waals surface area contributed by atoms with Gasteiger partial charge < -0.3 is 10.4 Å². The number of benzene rings is 3. The lowest BCUT2D eigenvalue weighted by Gasteiger charge is -2.37. The highest BCUT2D eigenvalue weighted by molar-refractivity contribution is 7.92. The summed E-state index contributed by atoms with van der Waals surface area (Å²) in [6.45, 7) is 3.89. The first kappa shape index (κ1) is 20.6. The zero-order chi connectivity index (χ0) is 22.5. The normalized spacial score (nSPS) is 21.5. The standard InChI is InChI=1S/C26H26N2O3S/c1-16-12-17(2)14-18(13-16)28-32(30,31)19-10-11-24-23(15-19)20-7-5-8-21(20)26(27-24)22-6-3-4-9-25(22)29/h3-7,9-15,20-21,26-29H,8H2,1-2H3. The highest BCUT2D eigenvalue weighted by Crippen LogP contribution is 2.51. The maximum Gasteiger partial charge on any atom is 0.261 e. The molecule has 0 saturated heterocycles. The third kappa shape index (κ3) is 3.65. The third-order valence-corrected chi connectivity index (χ3v) is 7.77. The van der Waals surface area contributed by atoms with Gasteiger partial charge in [0.1, 0.15) is 5.75 Å². The summed E-state index contributed by atoms with van der Waals surface area (Å²) >= 11 is 0. The van der Waals surface area contributed by atoms with E-state index in [-0.39, 0.29) is 28.5 Å². The summed E-state index contributed by atoms with van der Waals surface area (Å²) < 4.78 is 29.0. The van der Waals surface area contributed by atoms with Crippen molar-refractivity contribution in [2.75, 3.05) is 10.0 Å². The Balaban J connectivity index is 1.50. The van der Waals surface area contributed by atoms with E-state index in [9.17, 15) is 13.5 Å². The van der Waals surface area contributed by atoms with Crippen molar-refractivity contribution >= 4 is 21.4 Å². The number of fused-ring (bicyclic) bond motifs is 3. The van der Waals surface area contributed by atoms with E-state index in [1.54, 1.807) is 18.2 Å². The summed E-state index contributed by atoms with van der Waals surface area (Å²) in [5.41, 5.74) is 5.31. The third-order valence-electron chi connectivity index (χ3n) is 6.39. The molecule has 5 nitrogen and oxygen atoms in total. The molecular formula is C26H26N2O3S. The number of hydrogen-bond donors (Lipinski definition) is 3. The number of nitrogens with one attached hydrogen (secondary N) is 2. The number of para-hydroxylation sites is 1. The molecule has 32 heavy (non-hydrogen) atoms. The number of aryl methyl sites for hydroxylation is 2. The molecule has 0 fully saturated rings. The maximum absolute atomic E-state index is 13.2. The SMILES string of the molecule is Cc1cc(C)cc(NS(=O)(=O)c2ccc3c(c2)C2C=CCC2C(c2ccccc2O)N3)c1. The second-order valence-corrected chi connectivity index (χ2v) is 10.4. The van der Waals surface area contributed by atoms with Crippen molar-refractivity contribution in [1.29, 1.82) is 0 Å². The molecule has 3 N–H and O–H groups in total. The van der Waals surface area contributed by atoms with Crippen molar-refractivity contribution in [3.63, 3.8) is 0 Å². The number of sulfonamides is 1. The topological polar surface area (TPSA) is 78.4 Å². The van der Waals surface area contributed by atoms with E-state index < -0.39 is 10.0 Å². The second-order valence-electron chi connectivity index (χ2n) is 8.77. The van der Waals surface area contributed by atoms with E-state index in [1.165, 1.54) is 0 Å². The highest BCUT2D eigenvalue weighted by Gasteiger charge is 2.39. The number of hydrogen-bond acceptors (Lipinski definition) is 4. The van der Waals surface area contributed by atoms with E-state index in [1.807, 2.05) is 56.3 Å². The zero-order valence-electron chi connectivity index (χ0n) is 18.0. The first-order valence-corrected chi connectivity index (χ1v) is 12.3. The molecule has 0 aromatic heterocycles.